The largest absolute Gasteiger partial charge is 0.353 e. The van der Waals surface area contributed by atoms with Gasteiger partial charge in [-0.05, 0) is 85.8 Å². The second-order valence-electron chi connectivity index (χ2n) is 10.3. The molecular formula is C26H32N4O3S. The van der Waals surface area contributed by atoms with Crippen LogP contribution in [0.5, 0.6) is 0 Å². The van der Waals surface area contributed by atoms with Gasteiger partial charge in [0.25, 0.3) is 5.91 Å². The molecule has 1 aromatic heterocycles. The lowest BCUT2D eigenvalue weighted by Gasteiger charge is -2.36. The Bertz CT molecular complexity index is 1230. The van der Waals surface area contributed by atoms with Crippen LogP contribution in [0.4, 0.5) is 11.5 Å². The third-order valence-electron chi connectivity index (χ3n) is 7.68. The van der Waals surface area contributed by atoms with Gasteiger partial charge in [0, 0.05) is 44.5 Å². The third kappa shape index (κ3) is 4.06. The molecule has 4 aliphatic rings. The monoisotopic (exact) mass is 480 g/mol. The van der Waals surface area contributed by atoms with E-state index in [1.165, 1.54) is 41.1 Å². The number of amides is 1. The van der Waals surface area contributed by atoms with Crippen LogP contribution in [0.15, 0.2) is 30.5 Å². The summed E-state index contributed by atoms with van der Waals surface area (Å²) in [4.78, 5) is 22.5. The maximum absolute atomic E-state index is 13.3. The van der Waals surface area contributed by atoms with Crippen molar-refractivity contribution in [3.8, 4) is 0 Å². The van der Waals surface area contributed by atoms with E-state index in [1.54, 1.807) is 12.1 Å². The minimum absolute atomic E-state index is 0.0208. The number of anilines is 2. The first-order valence-electron chi connectivity index (χ1n) is 12.6. The quantitative estimate of drug-likeness (QED) is 0.653. The fourth-order valence-electron chi connectivity index (χ4n) is 5.35. The van der Waals surface area contributed by atoms with Crippen molar-refractivity contribution in [1.82, 2.24) is 9.88 Å². The van der Waals surface area contributed by atoms with Gasteiger partial charge < -0.3 is 9.80 Å². The highest BCUT2D eigenvalue weighted by atomic mass is 32.2. The molecule has 0 unspecified atom stereocenters. The minimum Gasteiger partial charge on any atom is -0.353 e. The smallest absolute Gasteiger partial charge is 0.254 e. The average molecular weight is 481 g/mol. The second kappa shape index (κ2) is 8.26. The maximum atomic E-state index is 13.3. The zero-order valence-corrected chi connectivity index (χ0v) is 20.6. The zero-order chi connectivity index (χ0) is 23.4. The van der Waals surface area contributed by atoms with Gasteiger partial charge in [0.1, 0.15) is 5.82 Å². The molecular weight excluding hydrogens is 448 g/mol. The fourth-order valence-corrected chi connectivity index (χ4v) is 6.91. The highest BCUT2D eigenvalue weighted by Gasteiger charge is 2.33. The van der Waals surface area contributed by atoms with Crippen LogP contribution < -0.4 is 9.21 Å². The molecule has 2 aliphatic carbocycles. The lowest BCUT2D eigenvalue weighted by atomic mass is 10.0. The second-order valence-corrected chi connectivity index (χ2v) is 12.3. The molecule has 6 rings (SSSR count). The van der Waals surface area contributed by atoms with Crippen LogP contribution in [0, 0.1) is 6.92 Å². The summed E-state index contributed by atoms with van der Waals surface area (Å²) in [5, 5.41) is 0. The number of nitrogens with zero attached hydrogens (tertiary/aromatic N) is 4. The number of carbonyl (C=O) groups is 1. The summed E-state index contributed by atoms with van der Waals surface area (Å²) in [6.45, 7) is 5.29. The van der Waals surface area contributed by atoms with Gasteiger partial charge in [-0.1, -0.05) is 6.07 Å². The van der Waals surface area contributed by atoms with E-state index in [9.17, 15) is 13.2 Å². The van der Waals surface area contributed by atoms with E-state index in [0.29, 0.717) is 49.1 Å². The van der Waals surface area contributed by atoms with Crippen molar-refractivity contribution in [3.05, 3.63) is 52.7 Å². The van der Waals surface area contributed by atoms with E-state index < -0.39 is 10.0 Å². The molecule has 3 heterocycles. The number of hydrogen-bond acceptors (Lipinski definition) is 5. The summed E-state index contributed by atoms with van der Waals surface area (Å²) >= 11 is 0. The number of benzene rings is 1. The summed E-state index contributed by atoms with van der Waals surface area (Å²) < 4.78 is 26.0. The Morgan fingerprint density at radius 3 is 2.32 bits per heavy atom. The number of sulfonamides is 1. The summed E-state index contributed by atoms with van der Waals surface area (Å²) in [6, 6.07) is 7.80. The van der Waals surface area contributed by atoms with Crippen LogP contribution in [-0.4, -0.2) is 62.7 Å². The predicted octanol–water partition coefficient (Wildman–Crippen LogP) is 3.65. The lowest BCUT2D eigenvalue weighted by molar-refractivity contribution is 0.0745. The summed E-state index contributed by atoms with van der Waals surface area (Å²) in [7, 11) is -3.23. The van der Waals surface area contributed by atoms with Crippen LogP contribution in [0.1, 0.15) is 71.0 Å². The normalized spacial score (nSPS) is 22.3. The van der Waals surface area contributed by atoms with Crippen molar-refractivity contribution in [1.29, 1.82) is 0 Å². The fraction of sp³-hybridized carbons (Fsp3) is 0.538. The maximum Gasteiger partial charge on any atom is 0.254 e. The van der Waals surface area contributed by atoms with E-state index in [-0.39, 0.29) is 11.7 Å². The third-order valence-corrected chi connectivity index (χ3v) is 9.55. The van der Waals surface area contributed by atoms with Crippen molar-refractivity contribution in [3.63, 3.8) is 0 Å². The van der Waals surface area contributed by atoms with Gasteiger partial charge in [0.05, 0.1) is 11.4 Å². The number of pyridine rings is 1. The molecule has 0 spiro atoms. The highest BCUT2D eigenvalue weighted by Crippen LogP contribution is 2.47. The first kappa shape index (κ1) is 21.9. The molecule has 2 saturated carbocycles. The molecule has 2 aliphatic heterocycles. The first-order valence-corrected chi connectivity index (χ1v) is 14.2. The van der Waals surface area contributed by atoms with E-state index in [0.717, 1.165) is 24.5 Å². The molecule has 180 valence electrons. The molecule has 0 N–H and O–H groups in total. The van der Waals surface area contributed by atoms with Gasteiger partial charge >= 0.3 is 0 Å². The number of aromatic nitrogens is 1. The predicted molar refractivity (Wildman–Crippen MR) is 133 cm³/mol. The van der Waals surface area contributed by atoms with Crippen LogP contribution in [0.3, 0.4) is 0 Å². The Morgan fingerprint density at radius 2 is 1.71 bits per heavy atom. The molecule has 8 heteroatoms. The number of carbonyl (C=O) groups excluding carboxylic acids is 1. The van der Waals surface area contributed by atoms with Crippen LogP contribution >= 0.6 is 0 Å². The SMILES string of the molecule is Cc1cc(N2CCCS2(=O)=O)ccc1C(=O)N1CCN(c2ncc(C3CC3)cc2C2CC2)CC1. The van der Waals surface area contributed by atoms with E-state index >= 15 is 0 Å². The lowest BCUT2D eigenvalue weighted by Crippen LogP contribution is -2.49. The number of hydrogen-bond donors (Lipinski definition) is 0. The number of aryl methyl sites for hydroxylation is 1. The average Bonchev–Trinajstić information content (AvgIpc) is 3.75. The summed E-state index contributed by atoms with van der Waals surface area (Å²) in [6.07, 6.45) is 7.82. The molecule has 0 bridgehead atoms. The Hall–Kier alpha value is -2.61. The van der Waals surface area contributed by atoms with Crippen LogP contribution in [-0.2, 0) is 10.0 Å². The standard InChI is InChI=1S/C26H32N4O3S/c1-18-15-22(30-9-2-14-34(30,32)33)7-8-23(18)26(31)29-12-10-28(11-13-29)25-24(20-5-6-20)16-21(17-27-25)19-3-4-19/h7-8,15-17,19-20H,2-6,9-14H2,1H3. The molecule has 34 heavy (non-hydrogen) atoms. The molecule has 7 nitrogen and oxygen atoms in total. The molecule has 2 saturated heterocycles. The Kier molecular flexibility index (Phi) is 5.32. The van der Waals surface area contributed by atoms with Crippen LogP contribution in [0.2, 0.25) is 0 Å². The van der Waals surface area contributed by atoms with Gasteiger partial charge in [-0.3, -0.25) is 9.10 Å². The van der Waals surface area contributed by atoms with Crippen molar-refractivity contribution in [2.45, 2.75) is 50.9 Å². The van der Waals surface area contributed by atoms with Crippen molar-refractivity contribution in [2.24, 2.45) is 0 Å². The Balaban J connectivity index is 1.15. The summed E-state index contributed by atoms with van der Waals surface area (Å²) in [5.74, 6) is 2.70. The highest BCUT2D eigenvalue weighted by molar-refractivity contribution is 7.93. The van der Waals surface area contributed by atoms with Gasteiger partial charge in [-0.2, -0.15) is 0 Å². The van der Waals surface area contributed by atoms with Gasteiger partial charge in [-0.15, -0.1) is 0 Å². The zero-order valence-electron chi connectivity index (χ0n) is 19.7. The van der Waals surface area contributed by atoms with Gasteiger partial charge in [-0.25, -0.2) is 13.4 Å². The number of piperazine rings is 1. The van der Waals surface area contributed by atoms with Crippen molar-refractivity contribution < 1.29 is 13.2 Å². The molecule has 1 amide bonds. The first-order chi connectivity index (χ1) is 16.4. The molecule has 4 fully saturated rings. The number of rotatable bonds is 5. The topological polar surface area (TPSA) is 73.8 Å². The summed E-state index contributed by atoms with van der Waals surface area (Å²) in [5.41, 5.74) is 4.94. The van der Waals surface area contributed by atoms with Crippen molar-refractivity contribution >= 4 is 27.4 Å². The Labute approximate surface area is 201 Å². The van der Waals surface area contributed by atoms with Crippen molar-refractivity contribution in [2.75, 3.05) is 47.7 Å². The molecule has 0 atom stereocenters. The molecule has 0 radical (unpaired) electrons. The molecule has 1 aromatic carbocycles. The van der Waals surface area contributed by atoms with Gasteiger partial charge in [0.2, 0.25) is 10.0 Å². The van der Waals surface area contributed by atoms with E-state index in [1.807, 2.05) is 17.9 Å². The minimum atomic E-state index is -3.23. The van der Waals surface area contributed by atoms with E-state index in [4.69, 9.17) is 4.98 Å². The Morgan fingerprint density at radius 1 is 0.971 bits per heavy atom. The molecule has 2 aromatic rings. The van der Waals surface area contributed by atoms with Crippen LogP contribution in [0.25, 0.3) is 0 Å². The van der Waals surface area contributed by atoms with Gasteiger partial charge in [0.15, 0.2) is 0 Å². The van der Waals surface area contributed by atoms with E-state index in [2.05, 4.69) is 17.2 Å².